The number of methoxy groups -OCH3 is 2. The Balaban J connectivity index is 1.76. The van der Waals surface area contributed by atoms with Crippen molar-refractivity contribution >= 4 is 5.97 Å². The largest absolute Gasteiger partial charge is 0.496 e. The normalized spacial score (nSPS) is 16.6. The van der Waals surface area contributed by atoms with E-state index in [9.17, 15) is 9.90 Å². The van der Waals surface area contributed by atoms with Crippen LogP contribution in [0.15, 0.2) is 66.7 Å². The van der Waals surface area contributed by atoms with Crippen LogP contribution in [0, 0.1) is 5.92 Å². The third-order valence-electron chi connectivity index (χ3n) is 6.73. The number of carboxylic acid groups (broad SMARTS) is 1. The van der Waals surface area contributed by atoms with Crippen molar-refractivity contribution < 1.29 is 28.8 Å². The second-order valence-corrected chi connectivity index (χ2v) is 9.06. The molecule has 4 rings (SSSR count). The second-order valence-electron chi connectivity index (χ2n) is 9.06. The van der Waals surface area contributed by atoms with Gasteiger partial charge >= 0.3 is 5.97 Å². The van der Waals surface area contributed by atoms with Crippen LogP contribution < -0.4 is 18.9 Å². The molecule has 0 aliphatic carbocycles. The topological polar surface area (TPSA) is 77.5 Å². The van der Waals surface area contributed by atoms with Crippen molar-refractivity contribution in [2.24, 2.45) is 5.92 Å². The van der Waals surface area contributed by atoms with Crippen LogP contribution in [-0.2, 0) is 11.4 Å². The molecular formula is C30H35NO6. The lowest BCUT2D eigenvalue weighted by atomic mass is 9.90. The van der Waals surface area contributed by atoms with Gasteiger partial charge in [-0.25, -0.2) is 0 Å². The number of hydrogen-bond donors (Lipinski definition) is 1. The molecule has 7 heteroatoms. The third kappa shape index (κ3) is 6.17. The van der Waals surface area contributed by atoms with Gasteiger partial charge in [-0.05, 0) is 61.7 Å². The van der Waals surface area contributed by atoms with Crippen molar-refractivity contribution in [3.05, 3.63) is 83.4 Å². The Labute approximate surface area is 218 Å². The van der Waals surface area contributed by atoms with Crippen molar-refractivity contribution in [1.29, 1.82) is 0 Å². The molecule has 0 spiro atoms. The summed E-state index contributed by atoms with van der Waals surface area (Å²) in [6.45, 7) is 4.04. The lowest BCUT2D eigenvalue weighted by molar-refractivity contribution is -0.143. The number of carboxylic acids is 1. The Kier molecular flexibility index (Phi) is 8.90. The van der Waals surface area contributed by atoms with Gasteiger partial charge in [0, 0.05) is 6.54 Å². The fourth-order valence-corrected chi connectivity index (χ4v) is 4.97. The van der Waals surface area contributed by atoms with E-state index in [2.05, 4.69) is 4.90 Å². The van der Waals surface area contributed by atoms with E-state index >= 15 is 0 Å². The van der Waals surface area contributed by atoms with E-state index in [0.29, 0.717) is 49.2 Å². The molecule has 0 saturated carbocycles. The molecular weight excluding hydrogens is 470 g/mol. The standard InChI is InChI=1S/C30H35NO6/c1-4-36-27-18-22(15-16-24(27)37-20-21-10-6-5-7-11-21)29(31-17-9-12-23(19-31)30(32)33)28-25(34-2)13-8-14-26(28)35-3/h5-8,10-11,13-16,18,23,29H,4,9,12,17,19-20H2,1-3H3,(H,32,33). The molecule has 3 aromatic rings. The van der Waals surface area contributed by atoms with E-state index in [1.54, 1.807) is 14.2 Å². The summed E-state index contributed by atoms with van der Waals surface area (Å²) in [6, 6.07) is 21.3. The number of hydrogen-bond acceptors (Lipinski definition) is 6. The first-order valence-corrected chi connectivity index (χ1v) is 12.7. The Bertz CT molecular complexity index is 1160. The van der Waals surface area contributed by atoms with Crippen molar-refractivity contribution in [3.8, 4) is 23.0 Å². The molecule has 1 aliphatic rings. The van der Waals surface area contributed by atoms with Gasteiger partial charge < -0.3 is 24.1 Å². The highest BCUT2D eigenvalue weighted by atomic mass is 16.5. The van der Waals surface area contributed by atoms with Crippen LogP contribution in [0.3, 0.4) is 0 Å². The maximum absolute atomic E-state index is 11.9. The molecule has 2 unspecified atom stereocenters. The summed E-state index contributed by atoms with van der Waals surface area (Å²) in [6.07, 6.45) is 1.46. The predicted octanol–water partition coefficient (Wildman–Crippen LogP) is 5.57. The molecule has 0 bridgehead atoms. The zero-order valence-electron chi connectivity index (χ0n) is 21.7. The number of benzene rings is 3. The Morgan fingerprint density at radius 1 is 0.946 bits per heavy atom. The van der Waals surface area contributed by atoms with E-state index in [-0.39, 0.29) is 6.04 Å². The zero-order chi connectivity index (χ0) is 26.2. The van der Waals surface area contributed by atoms with Gasteiger partial charge in [0.1, 0.15) is 18.1 Å². The zero-order valence-corrected chi connectivity index (χ0v) is 21.7. The van der Waals surface area contributed by atoms with Crippen LogP contribution >= 0.6 is 0 Å². The summed E-state index contributed by atoms with van der Waals surface area (Å²) in [5.41, 5.74) is 2.88. The molecule has 37 heavy (non-hydrogen) atoms. The fourth-order valence-electron chi connectivity index (χ4n) is 4.97. The second kappa shape index (κ2) is 12.5. The summed E-state index contributed by atoms with van der Waals surface area (Å²) < 4.78 is 23.7. The van der Waals surface area contributed by atoms with Gasteiger partial charge in [0.15, 0.2) is 11.5 Å². The number of carbonyl (C=O) groups is 1. The third-order valence-corrected chi connectivity index (χ3v) is 6.73. The molecule has 1 heterocycles. The number of aliphatic carboxylic acids is 1. The molecule has 0 amide bonds. The number of ether oxygens (including phenoxy) is 4. The molecule has 3 aromatic carbocycles. The summed E-state index contributed by atoms with van der Waals surface area (Å²) in [7, 11) is 3.27. The SMILES string of the molecule is CCOc1cc(C(c2c(OC)cccc2OC)N2CCCC(C(=O)O)C2)ccc1OCc1ccccc1. The van der Waals surface area contributed by atoms with Crippen LogP contribution in [-0.4, -0.2) is 49.9 Å². The van der Waals surface area contributed by atoms with Crippen LogP contribution in [0.5, 0.6) is 23.0 Å². The number of rotatable bonds is 11. The Hall–Kier alpha value is -3.71. The van der Waals surface area contributed by atoms with Crippen molar-refractivity contribution in [2.75, 3.05) is 33.9 Å². The number of nitrogens with zero attached hydrogens (tertiary/aromatic N) is 1. The lowest BCUT2D eigenvalue weighted by Gasteiger charge is -2.38. The maximum atomic E-state index is 11.9. The average Bonchev–Trinajstić information content (AvgIpc) is 2.93. The quantitative estimate of drug-likeness (QED) is 0.365. The van der Waals surface area contributed by atoms with Gasteiger partial charge in [-0.2, -0.15) is 0 Å². The van der Waals surface area contributed by atoms with Gasteiger partial charge in [0.25, 0.3) is 0 Å². The minimum atomic E-state index is -0.768. The summed E-state index contributed by atoms with van der Waals surface area (Å²) in [4.78, 5) is 14.1. The first-order chi connectivity index (χ1) is 18.0. The summed E-state index contributed by atoms with van der Waals surface area (Å²) >= 11 is 0. The van der Waals surface area contributed by atoms with Crippen LogP contribution in [0.2, 0.25) is 0 Å². The van der Waals surface area contributed by atoms with Crippen molar-refractivity contribution in [2.45, 2.75) is 32.4 Å². The highest BCUT2D eigenvalue weighted by Crippen LogP contribution is 2.44. The van der Waals surface area contributed by atoms with Gasteiger partial charge in [-0.1, -0.05) is 42.5 Å². The molecule has 1 N–H and O–H groups in total. The first-order valence-electron chi connectivity index (χ1n) is 12.7. The minimum Gasteiger partial charge on any atom is -0.496 e. The van der Waals surface area contributed by atoms with E-state index < -0.39 is 11.9 Å². The van der Waals surface area contributed by atoms with Crippen LogP contribution in [0.4, 0.5) is 0 Å². The highest BCUT2D eigenvalue weighted by molar-refractivity contribution is 5.70. The van der Waals surface area contributed by atoms with E-state index in [4.69, 9.17) is 18.9 Å². The van der Waals surface area contributed by atoms with Gasteiger partial charge in [0.2, 0.25) is 0 Å². The van der Waals surface area contributed by atoms with E-state index in [1.807, 2.05) is 73.7 Å². The molecule has 0 radical (unpaired) electrons. The van der Waals surface area contributed by atoms with E-state index in [0.717, 1.165) is 29.7 Å². The smallest absolute Gasteiger partial charge is 0.307 e. The Morgan fingerprint density at radius 2 is 1.68 bits per heavy atom. The van der Waals surface area contributed by atoms with Crippen molar-refractivity contribution in [1.82, 2.24) is 4.90 Å². The van der Waals surface area contributed by atoms with E-state index in [1.165, 1.54) is 0 Å². The highest BCUT2D eigenvalue weighted by Gasteiger charge is 2.34. The van der Waals surface area contributed by atoms with Gasteiger partial charge in [-0.3, -0.25) is 9.69 Å². The minimum absolute atomic E-state index is 0.296. The molecule has 2 atom stereocenters. The molecule has 1 fully saturated rings. The number of piperidine rings is 1. The Morgan fingerprint density at radius 3 is 2.32 bits per heavy atom. The van der Waals surface area contributed by atoms with Gasteiger partial charge in [-0.15, -0.1) is 0 Å². The molecule has 1 aliphatic heterocycles. The first kappa shape index (κ1) is 26.4. The van der Waals surface area contributed by atoms with Gasteiger partial charge in [0.05, 0.1) is 38.3 Å². The average molecular weight is 506 g/mol. The number of likely N-dealkylation sites (tertiary alicyclic amines) is 1. The van der Waals surface area contributed by atoms with Crippen LogP contribution in [0.1, 0.15) is 42.5 Å². The fraction of sp³-hybridized carbons (Fsp3) is 0.367. The predicted molar refractivity (Wildman–Crippen MR) is 142 cm³/mol. The van der Waals surface area contributed by atoms with Crippen LogP contribution in [0.25, 0.3) is 0 Å². The maximum Gasteiger partial charge on any atom is 0.307 e. The molecule has 1 saturated heterocycles. The molecule has 196 valence electrons. The lowest BCUT2D eigenvalue weighted by Crippen LogP contribution is -2.41. The summed E-state index contributed by atoms with van der Waals surface area (Å²) in [5.74, 6) is 1.46. The monoisotopic (exact) mass is 505 g/mol. The summed E-state index contributed by atoms with van der Waals surface area (Å²) in [5, 5.41) is 9.77. The molecule has 7 nitrogen and oxygen atoms in total. The van der Waals surface area contributed by atoms with Crippen molar-refractivity contribution in [3.63, 3.8) is 0 Å². The molecule has 0 aromatic heterocycles.